The number of furan rings is 1. The number of nitrogens with zero attached hydrogens (tertiary/aromatic N) is 3. The summed E-state index contributed by atoms with van der Waals surface area (Å²) in [6.07, 6.45) is 1.69. The fourth-order valence-electron chi connectivity index (χ4n) is 4.64. The summed E-state index contributed by atoms with van der Waals surface area (Å²) >= 11 is 0. The normalized spacial score (nSPS) is 15.2. The zero-order chi connectivity index (χ0) is 23.8. The Balaban J connectivity index is 1.31. The molecule has 0 radical (unpaired) electrons. The van der Waals surface area contributed by atoms with Crippen molar-refractivity contribution in [3.8, 4) is 11.3 Å². The Morgan fingerprint density at radius 2 is 1.88 bits per heavy atom. The maximum Gasteiger partial charge on any atom is 0.259 e. The Morgan fingerprint density at radius 1 is 1.15 bits per heavy atom. The van der Waals surface area contributed by atoms with Gasteiger partial charge >= 0.3 is 0 Å². The lowest BCUT2D eigenvalue weighted by Gasteiger charge is -2.32. The summed E-state index contributed by atoms with van der Waals surface area (Å²) in [5, 5.41) is 7.86. The molecule has 5 rings (SSSR count). The minimum atomic E-state index is -0.223. The third kappa shape index (κ3) is 4.46. The van der Waals surface area contributed by atoms with E-state index >= 15 is 0 Å². The van der Waals surface area contributed by atoms with Crippen molar-refractivity contribution in [1.29, 1.82) is 0 Å². The molecule has 1 fully saturated rings. The van der Waals surface area contributed by atoms with Crippen LogP contribution >= 0.6 is 0 Å². The van der Waals surface area contributed by atoms with Crippen LogP contribution in [0.25, 0.3) is 22.4 Å². The van der Waals surface area contributed by atoms with Gasteiger partial charge in [0.15, 0.2) is 0 Å². The summed E-state index contributed by atoms with van der Waals surface area (Å²) in [6, 6.07) is 10.4. The lowest BCUT2D eigenvalue weighted by Crippen LogP contribution is -2.44. The number of benzene rings is 1. The molecule has 1 amide bonds. The number of fused-ring (bicyclic) bond motifs is 1. The van der Waals surface area contributed by atoms with Crippen molar-refractivity contribution in [2.45, 2.75) is 46.2 Å². The standard InChI is InChI=1S/C26H27FN4O3/c1-15-12-21(17(3)33-15)23-13-22(24-16(2)30-34-26(24)29-23)25(32)28-20-8-10-31(11-9-20)14-18-4-6-19(27)7-5-18/h4-7,12-13,20H,8-11,14H2,1-3H3,(H,28,32). The molecular formula is C26H27FN4O3. The maximum absolute atomic E-state index is 13.4. The second-order valence-corrected chi connectivity index (χ2v) is 8.98. The molecule has 3 aromatic heterocycles. The first-order valence-electron chi connectivity index (χ1n) is 11.5. The minimum Gasteiger partial charge on any atom is -0.466 e. The number of likely N-dealkylation sites (tertiary alicyclic amines) is 1. The molecule has 0 saturated carbocycles. The van der Waals surface area contributed by atoms with Crippen LogP contribution in [0.15, 0.2) is 45.3 Å². The monoisotopic (exact) mass is 462 g/mol. The number of aromatic nitrogens is 2. The van der Waals surface area contributed by atoms with E-state index in [1.54, 1.807) is 6.07 Å². The van der Waals surface area contributed by atoms with Gasteiger partial charge in [0.05, 0.1) is 22.3 Å². The lowest BCUT2D eigenvalue weighted by atomic mass is 10.0. The largest absolute Gasteiger partial charge is 0.466 e. The Morgan fingerprint density at radius 3 is 2.56 bits per heavy atom. The van der Waals surface area contributed by atoms with Gasteiger partial charge in [-0.3, -0.25) is 9.69 Å². The molecule has 0 spiro atoms. The van der Waals surface area contributed by atoms with Crippen LogP contribution in [0.1, 0.15) is 46.0 Å². The topological polar surface area (TPSA) is 84.4 Å². The van der Waals surface area contributed by atoms with Crippen molar-refractivity contribution in [3.63, 3.8) is 0 Å². The van der Waals surface area contributed by atoms with Gasteiger partial charge in [0.25, 0.3) is 11.6 Å². The summed E-state index contributed by atoms with van der Waals surface area (Å²) < 4.78 is 24.2. The van der Waals surface area contributed by atoms with E-state index in [4.69, 9.17) is 8.94 Å². The van der Waals surface area contributed by atoms with Crippen LogP contribution in [0, 0.1) is 26.6 Å². The Bertz CT molecular complexity index is 1330. The molecule has 1 aliphatic rings. The quantitative estimate of drug-likeness (QED) is 0.452. The average molecular weight is 463 g/mol. The average Bonchev–Trinajstić information content (AvgIpc) is 3.37. The molecule has 0 bridgehead atoms. The maximum atomic E-state index is 13.4. The fourth-order valence-corrected chi connectivity index (χ4v) is 4.64. The first-order chi connectivity index (χ1) is 16.4. The van der Waals surface area contributed by atoms with Crippen LogP contribution in [0.5, 0.6) is 0 Å². The highest BCUT2D eigenvalue weighted by atomic mass is 19.1. The van der Waals surface area contributed by atoms with Gasteiger partial charge in [-0.25, -0.2) is 9.37 Å². The van der Waals surface area contributed by atoms with Crippen molar-refractivity contribution < 1.29 is 18.1 Å². The van der Waals surface area contributed by atoms with E-state index in [9.17, 15) is 9.18 Å². The van der Waals surface area contributed by atoms with Gasteiger partial charge in [0.2, 0.25) is 0 Å². The van der Waals surface area contributed by atoms with E-state index < -0.39 is 0 Å². The number of rotatable bonds is 5. The van der Waals surface area contributed by atoms with Gasteiger partial charge in [-0.15, -0.1) is 0 Å². The van der Waals surface area contributed by atoms with Crippen LogP contribution in [0.4, 0.5) is 4.39 Å². The third-order valence-electron chi connectivity index (χ3n) is 6.42. The van der Waals surface area contributed by atoms with E-state index in [1.807, 2.05) is 39.0 Å². The van der Waals surface area contributed by atoms with Crippen molar-refractivity contribution in [2.24, 2.45) is 0 Å². The summed E-state index contributed by atoms with van der Waals surface area (Å²) in [5.74, 6) is 1.14. The third-order valence-corrected chi connectivity index (χ3v) is 6.42. The minimum absolute atomic E-state index is 0.0710. The summed E-state index contributed by atoms with van der Waals surface area (Å²) in [5.41, 5.74) is 4.02. The van der Waals surface area contributed by atoms with Gasteiger partial charge in [0.1, 0.15) is 17.3 Å². The highest BCUT2D eigenvalue weighted by Crippen LogP contribution is 2.30. The van der Waals surface area contributed by atoms with Crippen molar-refractivity contribution in [1.82, 2.24) is 20.4 Å². The van der Waals surface area contributed by atoms with Gasteiger partial charge in [-0.2, -0.15) is 0 Å². The molecule has 1 aromatic carbocycles. The molecule has 0 aliphatic carbocycles. The van der Waals surface area contributed by atoms with E-state index in [0.717, 1.165) is 55.1 Å². The molecule has 7 nitrogen and oxygen atoms in total. The number of amides is 1. The van der Waals surface area contributed by atoms with E-state index in [2.05, 4.69) is 20.4 Å². The lowest BCUT2D eigenvalue weighted by molar-refractivity contribution is 0.0910. The first-order valence-corrected chi connectivity index (χ1v) is 11.5. The summed E-state index contributed by atoms with van der Waals surface area (Å²) in [4.78, 5) is 20.3. The molecule has 1 N–H and O–H groups in total. The predicted octanol–water partition coefficient (Wildman–Crippen LogP) is 4.94. The zero-order valence-electron chi connectivity index (χ0n) is 19.5. The van der Waals surface area contributed by atoms with Gasteiger partial charge in [-0.05, 0) is 63.4 Å². The zero-order valence-corrected chi connectivity index (χ0v) is 19.5. The molecule has 34 heavy (non-hydrogen) atoms. The molecule has 0 unspecified atom stereocenters. The van der Waals surface area contributed by atoms with Crippen LogP contribution in [0.2, 0.25) is 0 Å². The number of piperidine rings is 1. The van der Waals surface area contributed by atoms with Crippen molar-refractivity contribution in [2.75, 3.05) is 13.1 Å². The summed E-state index contributed by atoms with van der Waals surface area (Å²) in [7, 11) is 0. The smallest absolute Gasteiger partial charge is 0.259 e. The number of hydrogen-bond donors (Lipinski definition) is 1. The summed E-state index contributed by atoms with van der Waals surface area (Å²) in [6.45, 7) is 8.06. The van der Waals surface area contributed by atoms with Crippen LogP contribution < -0.4 is 5.32 Å². The van der Waals surface area contributed by atoms with Gasteiger partial charge in [-0.1, -0.05) is 17.3 Å². The van der Waals surface area contributed by atoms with Crippen molar-refractivity contribution in [3.05, 3.63) is 70.6 Å². The molecule has 1 saturated heterocycles. The number of nitrogens with one attached hydrogen (secondary N) is 1. The van der Waals surface area contributed by atoms with Gasteiger partial charge in [0, 0.05) is 31.2 Å². The molecule has 8 heteroatoms. The fraction of sp³-hybridized carbons (Fsp3) is 0.346. The SMILES string of the molecule is Cc1cc(-c2cc(C(=O)NC3CCN(Cc4ccc(F)cc4)CC3)c3c(C)noc3n2)c(C)o1. The molecular weight excluding hydrogens is 435 g/mol. The molecule has 0 atom stereocenters. The molecule has 4 heterocycles. The Labute approximate surface area is 196 Å². The van der Waals surface area contributed by atoms with E-state index in [1.165, 1.54) is 12.1 Å². The predicted molar refractivity (Wildman–Crippen MR) is 126 cm³/mol. The molecule has 1 aliphatic heterocycles. The Kier molecular flexibility index (Phi) is 5.91. The second kappa shape index (κ2) is 9.02. The molecule has 4 aromatic rings. The highest BCUT2D eigenvalue weighted by molar-refractivity contribution is 6.07. The highest BCUT2D eigenvalue weighted by Gasteiger charge is 2.25. The number of carbonyl (C=O) groups is 1. The van der Waals surface area contributed by atoms with Crippen LogP contribution in [-0.4, -0.2) is 40.1 Å². The van der Waals surface area contributed by atoms with E-state index in [0.29, 0.717) is 28.1 Å². The van der Waals surface area contributed by atoms with Crippen molar-refractivity contribution >= 4 is 17.0 Å². The number of aryl methyl sites for hydroxylation is 3. The van der Waals surface area contributed by atoms with E-state index in [-0.39, 0.29) is 17.8 Å². The number of carbonyl (C=O) groups excluding carboxylic acids is 1. The Hall–Kier alpha value is -3.52. The number of pyridine rings is 1. The first kappa shape index (κ1) is 22.3. The molecule has 176 valence electrons. The number of hydrogen-bond acceptors (Lipinski definition) is 6. The van der Waals surface area contributed by atoms with Crippen LogP contribution in [-0.2, 0) is 6.54 Å². The van der Waals surface area contributed by atoms with Gasteiger partial charge < -0.3 is 14.3 Å². The number of halogens is 1. The van der Waals surface area contributed by atoms with Crippen LogP contribution in [0.3, 0.4) is 0 Å². The second-order valence-electron chi connectivity index (χ2n) is 8.98.